The van der Waals surface area contributed by atoms with Crippen molar-refractivity contribution >= 4 is 21.7 Å². The third kappa shape index (κ3) is 4.68. The number of amides is 2. The van der Waals surface area contributed by atoms with Crippen LogP contribution in [0.2, 0.25) is 0 Å². The molecule has 0 saturated heterocycles. The number of hydrogen-bond donors (Lipinski definition) is 3. The molecule has 1 unspecified atom stereocenters. The van der Waals surface area contributed by atoms with Gasteiger partial charge in [0.2, 0.25) is 0 Å². The van der Waals surface area contributed by atoms with Crippen molar-refractivity contribution in [1.82, 2.24) is 10.6 Å². The second-order valence-corrected chi connectivity index (χ2v) is 7.18. The molecular weight excluding hydrogens is 348 g/mol. The molecule has 8 nitrogen and oxygen atoms in total. The molecule has 25 heavy (non-hydrogen) atoms. The number of rotatable bonds is 7. The highest BCUT2D eigenvalue weighted by Gasteiger charge is 2.32. The molecular formula is C16H18N2O6S. The Labute approximate surface area is 144 Å². The van der Waals surface area contributed by atoms with Gasteiger partial charge in [-0.15, -0.1) is 0 Å². The fourth-order valence-corrected chi connectivity index (χ4v) is 3.74. The average molecular weight is 366 g/mol. The lowest BCUT2D eigenvalue weighted by molar-refractivity contribution is -0.139. The summed E-state index contributed by atoms with van der Waals surface area (Å²) < 4.78 is 30.9. The summed E-state index contributed by atoms with van der Waals surface area (Å²) in [4.78, 5) is 23.3. The molecule has 2 aromatic rings. The second-order valence-electron chi connectivity index (χ2n) is 5.05. The van der Waals surface area contributed by atoms with Crippen molar-refractivity contribution in [3.05, 3.63) is 54.5 Å². The number of hydrogen-bond acceptors (Lipinski definition) is 6. The van der Waals surface area contributed by atoms with E-state index in [0.717, 1.165) is 0 Å². The molecule has 1 aromatic heterocycles. The van der Waals surface area contributed by atoms with Crippen molar-refractivity contribution in [3.8, 4) is 0 Å². The normalized spacial score (nSPS) is 12.4. The Hall–Kier alpha value is -2.65. The van der Waals surface area contributed by atoms with E-state index >= 15 is 0 Å². The summed E-state index contributed by atoms with van der Waals surface area (Å²) >= 11 is 0. The predicted molar refractivity (Wildman–Crippen MR) is 88.2 cm³/mol. The third-order valence-electron chi connectivity index (χ3n) is 3.36. The van der Waals surface area contributed by atoms with Gasteiger partial charge in [0.05, 0.1) is 17.8 Å². The highest BCUT2D eigenvalue weighted by Crippen LogP contribution is 2.28. The van der Waals surface area contributed by atoms with E-state index < -0.39 is 26.9 Å². The lowest BCUT2D eigenvalue weighted by Gasteiger charge is -2.16. The summed E-state index contributed by atoms with van der Waals surface area (Å²) in [5.41, 5.74) is 0. The monoisotopic (exact) mass is 366 g/mol. The van der Waals surface area contributed by atoms with Gasteiger partial charge in [-0.05, 0) is 24.3 Å². The van der Waals surface area contributed by atoms with Crippen LogP contribution in [0.25, 0.3) is 0 Å². The molecule has 0 aliphatic rings. The maximum absolute atomic E-state index is 12.8. The number of nitrogens with one attached hydrogen (secondary N) is 2. The van der Waals surface area contributed by atoms with Crippen LogP contribution in [0, 0.1) is 0 Å². The van der Waals surface area contributed by atoms with Crippen LogP contribution in [0.5, 0.6) is 0 Å². The molecule has 0 aliphatic heterocycles. The van der Waals surface area contributed by atoms with E-state index in [9.17, 15) is 18.0 Å². The Balaban J connectivity index is 2.18. The van der Waals surface area contributed by atoms with Crippen molar-refractivity contribution in [3.63, 3.8) is 0 Å². The van der Waals surface area contributed by atoms with Gasteiger partial charge in [-0.1, -0.05) is 18.2 Å². The second kappa shape index (κ2) is 8.45. The van der Waals surface area contributed by atoms with Crippen LogP contribution in [0.3, 0.4) is 0 Å². The molecule has 2 amide bonds. The molecule has 9 heteroatoms. The zero-order valence-electron chi connectivity index (χ0n) is 13.2. The first-order chi connectivity index (χ1) is 12.0. The highest BCUT2D eigenvalue weighted by atomic mass is 32.2. The summed E-state index contributed by atoms with van der Waals surface area (Å²) in [6.07, 6.45) is 1.33. The maximum Gasteiger partial charge on any atom is 0.309 e. The van der Waals surface area contributed by atoms with Crippen LogP contribution in [0.1, 0.15) is 11.0 Å². The molecule has 2 rings (SSSR count). The SMILES string of the molecule is O=C(NCCO)C(=O)NCC(c1ccco1)S(=O)(=O)c1ccccc1. The fourth-order valence-electron chi connectivity index (χ4n) is 2.13. The van der Waals surface area contributed by atoms with Crippen molar-refractivity contribution in [2.45, 2.75) is 10.1 Å². The van der Waals surface area contributed by atoms with E-state index in [2.05, 4.69) is 10.6 Å². The summed E-state index contributed by atoms with van der Waals surface area (Å²) in [5, 5.41) is 11.9. The first-order valence-corrected chi connectivity index (χ1v) is 9.00. The van der Waals surface area contributed by atoms with Crippen LogP contribution >= 0.6 is 0 Å². The van der Waals surface area contributed by atoms with Gasteiger partial charge in [0.15, 0.2) is 9.84 Å². The molecule has 134 valence electrons. The van der Waals surface area contributed by atoms with Gasteiger partial charge in [0.1, 0.15) is 11.0 Å². The number of furan rings is 1. The molecule has 0 radical (unpaired) electrons. The molecule has 0 saturated carbocycles. The molecule has 0 aliphatic carbocycles. The Bertz CT molecular complexity index is 802. The summed E-state index contributed by atoms with van der Waals surface area (Å²) in [6, 6.07) is 10.8. The first-order valence-electron chi connectivity index (χ1n) is 7.46. The minimum atomic E-state index is -3.84. The Morgan fingerprint density at radius 2 is 1.72 bits per heavy atom. The molecule has 1 atom stereocenters. The van der Waals surface area contributed by atoms with Gasteiger partial charge < -0.3 is 20.2 Å². The molecule has 1 aromatic carbocycles. The van der Waals surface area contributed by atoms with Crippen molar-refractivity contribution in [2.24, 2.45) is 0 Å². The summed E-state index contributed by atoms with van der Waals surface area (Å²) in [7, 11) is -3.84. The largest absolute Gasteiger partial charge is 0.468 e. The van der Waals surface area contributed by atoms with Crippen molar-refractivity contribution < 1.29 is 27.5 Å². The molecule has 0 spiro atoms. The van der Waals surface area contributed by atoms with Gasteiger partial charge in [-0.25, -0.2) is 8.42 Å². The summed E-state index contributed by atoms with van der Waals surface area (Å²) in [5.74, 6) is -1.79. The lowest BCUT2D eigenvalue weighted by Crippen LogP contribution is -2.43. The Morgan fingerprint density at radius 1 is 1.04 bits per heavy atom. The summed E-state index contributed by atoms with van der Waals surface area (Å²) in [6.45, 7) is -0.720. The third-order valence-corrected chi connectivity index (χ3v) is 5.44. The number of benzene rings is 1. The molecule has 0 bridgehead atoms. The van der Waals surface area contributed by atoms with Crippen molar-refractivity contribution in [1.29, 1.82) is 0 Å². The number of sulfone groups is 1. The molecule has 1 heterocycles. The topological polar surface area (TPSA) is 126 Å². The van der Waals surface area contributed by atoms with E-state index in [1.165, 1.54) is 24.5 Å². The van der Waals surface area contributed by atoms with Gasteiger partial charge >= 0.3 is 11.8 Å². The quantitative estimate of drug-likeness (QED) is 0.593. The van der Waals surface area contributed by atoms with Gasteiger partial charge in [-0.2, -0.15) is 0 Å². The first kappa shape index (κ1) is 18.7. The van der Waals surface area contributed by atoms with Crippen LogP contribution in [0.4, 0.5) is 0 Å². The minimum Gasteiger partial charge on any atom is -0.468 e. The van der Waals surface area contributed by atoms with Crippen LogP contribution in [0.15, 0.2) is 58.0 Å². The Kier molecular flexibility index (Phi) is 6.31. The molecule has 3 N–H and O–H groups in total. The number of aliphatic hydroxyl groups is 1. The number of aliphatic hydroxyl groups excluding tert-OH is 1. The van der Waals surface area contributed by atoms with E-state index in [0.29, 0.717) is 0 Å². The lowest BCUT2D eigenvalue weighted by atomic mass is 10.3. The zero-order chi connectivity index (χ0) is 18.3. The van der Waals surface area contributed by atoms with E-state index in [4.69, 9.17) is 9.52 Å². The fraction of sp³-hybridized carbons (Fsp3) is 0.250. The van der Waals surface area contributed by atoms with Gasteiger partial charge in [-0.3, -0.25) is 9.59 Å². The predicted octanol–water partition coefficient (Wildman–Crippen LogP) is 0.0193. The average Bonchev–Trinajstić information content (AvgIpc) is 3.14. The standard InChI is InChI=1S/C16H18N2O6S/c19-9-8-17-15(20)16(21)18-11-14(13-7-4-10-24-13)25(22,23)12-5-2-1-3-6-12/h1-7,10,14,19H,8-9,11H2,(H,17,20)(H,18,21). The maximum atomic E-state index is 12.8. The van der Waals surface area contributed by atoms with Crippen LogP contribution in [-0.2, 0) is 19.4 Å². The highest BCUT2D eigenvalue weighted by molar-refractivity contribution is 7.91. The van der Waals surface area contributed by atoms with E-state index in [-0.39, 0.29) is 30.4 Å². The van der Waals surface area contributed by atoms with E-state index in [1.54, 1.807) is 24.3 Å². The minimum absolute atomic E-state index is 0.0732. The number of carbonyl (C=O) groups is 2. The van der Waals surface area contributed by atoms with Crippen LogP contribution in [-0.4, -0.2) is 45.0 Å². The van der Waals surface area contributed by atoms with Gasteiger partial charge in [0, 0.05) is 13.1 Å². The van der Waals surface area contributed by atoms with Crippen LogP contribution < -0.4 is 10.6 Å². The van der Waals surface area contributed by atoms with Crippen molar-refractivity contribution in [2.75, 3.05) is 19.7 Å². The zero-order valence-corrected chi connectivity index (χ0v) is 14.0. The Morgan fingerprint density at radius 3 is 2.32 bits per heavy atom. The van der Waals surface area contributed by atoms with Gasteiger partial charge in [0.25, 0.3) is 0 Å². The number of carbonyl (C=O) groups excluding carboxylic acids is 2. The molecule has 0 fully saturated rings. The smallest absolute Gasteiger partial charge is 0.309 e. The van der Waals surface area contributed by atoms with E-state index in [1.807, 2.05) is 0 Å².